The van der Waals surface area contributed by atoms with Gasteiger partial charge in [0.05, 0.1) is 12.0 Å². The van der Waals surface area contributed by atoms with Crippen LogP contribution < -0.4 is 5.73 Å². The summed E-state index contributed by atoms with van der Waals surface area (Å²) in [5.41, 5.74) is 8.36. The zero-order valence-electron chi connectivity index (χ0n) is 10.9. The number of hydrogen-bond acceptors (Lipinski definition) is 4. The van der Waals surface area contributed by atoms with Gasteiger partial charge in [-0.05, 0) is 30.3 Å². The molecule has 0 saturated carbocycles. The number of furan rings is 1. The molecule has 0 spiro atoms. The maximum atomic E-state index is 9.27. The summed E-state index contributed by atoms with van der Waals surface area (Å²) < 4.78 is 5.37. The summed E-state index contributed by atoms with van der Waals surface area (Å²) in [6.07, 6.45) is 1.55. The van der Waals surface area contributed by atoms with E-state index in [1.165, 1.54) is 0 Å². The van der Waals surface area contributed by atoms with E-state index in [4.69, 9.17) is 21.8 Å². The second-order valence-corrected chi connectivity index (χ2v) is 4.85. The highest BCUT2D eigenvalue weighted by Gasteiger charge is 2.15. The number of nitrogens with two attached hydrogens (primary N) is 1. The number of nitrogens with zero attached hydrogens (tertiary/aromatic N) is 2. The molecule has 0 saturated heterocycles. The Balaban J connectivity index is 2.21. The van der Waals surface area contributed by atoms with Crippen molar-refractivity contribution in [3.63, 3.8) is 0 Å². The Morgan fingerprint density at radius 2 is 1.95 bits per heavy atom. The van der Waals surface area contributed by atoms with Crippen LogP contribution in [0, 0.1) is 11.3 Å². The lowest BCUT2D eigenvalue weighted by Gasteiger charge is -2.08. The summed E-state index contributed by atoms with van der Waals surface area (Å²) in [7, 11) is 0. The minimum Gasteiger partial charge on any atom is -0.464 e. The number of benzene rings is 1. The summed E-state index contributed by atoms with van der Waals surface area (Å²) >= 11 is 5.89. The maximum Gasteiger partial charge on any atom is 0.142 e. The first-order chi connectivity index (χ1) is 10.2. The minimum atomic E-state index is 0.177. The predicted molar refractivity (Wildman–Crippen MR) is 81.5 cm³/mol. The van der Waals surface area contributed by atoms with Crippen LogP contribution >= 0.6 is 11.6 Å². The Bertz CT molecular complexity index is 818. The zero-order chi connectivity index (χ0) is 14.8. The smallest absolute Gasteiger partial charge is 0.142 e. The van der Waals surface area contributed by atoms with Crippen molar-refractivity contribution in [3.05, 3.63) is 59.3 Å². The molecule has 3 aromatic rings. The fourth-order valence-electron chi connectivity index (χ4n) is 2.08. The second kappa shape index (κ2) is 5.31. The quantitative estimate of drug-likeness (QED) is 0.771. The summed E-state index contributed by atoms with van der Waals surface area (Å²) in [5, 5.41) is 9.91. The van der Waals surface area contributed by atoms with Gasteiger partial charge in [-0.25, -0.2) is 4.98 Å². The van der Waals surface area contributed by atoms with Crippen molar-refractivity contribution in [2.24, 2.45) is 0 Å². The molecule has 4 nitrogen and oxygen atoms in total. The van der Waals surface area contributed by atoms with Gasteiger partial charge in [0.2, 0.25) is 0 Å². The zero-order valence-corrected chi connectivity index (χ0v) is 11.6. The van der Waals surface area contributed by atoms with Gasteiger partial charge in [-0.15, -0.1) is 0 Å². The number of pyridine rings is 1. The molecule has 0 amide bonds. The van der Waals surface area contributed by atoms with Gasteiger partial charge in [0.15, 0.2) is 0 Å². The third-order valence-electron chi connectivity index (χ3n) is 3.09. The van der Waals surface area contributed by atoms with Crippen LogP contribution in [-0.2, 0) is 0 Å². The van der Waals surface area contributed by atoms with E-state index >= 15 is 0 Å². The third kappa shape index (κ3) is 2.47. The van der Waals surface area contributed by atoms with Crippen LogP contribution in [0.2, 0.25) is 5.02 Å². The molecule has 2 N–H and O–H groups in total. The average molecular weight is 296 g/mol. The van der Waals surface area contributed by atoms with E-state index in [2.05, 4.69) is 11.1 Å². The van der Waals surface area contributed by atoms with E-state index in [9.17, 15) is 5.26 Å². The minimum absolute atomic E-state index is 0.177. The molecule has 21 heavy (non-hydrogen) atoms. The summed E-state index contributed by atoms with van der Waals surface area (Å²) in [6.45, 7) is 0. The normalized spacial score (nSPS) is 10.3. The Kier molecular flexibility index (Phi) is 3.35. The molecule has 1 aromatic carbocycles. The Morgan fingerprint density at radius 1 is 1.19 bits per heavy atom. The average Bonchev–Trinajstić information content (AvgIpc) is 3.01. The van der Waals surface area contributed by atoms with Crippen molar-refractivity contribution in [1.29, 1.82) is 5.26 Å². The number of nitrogen functional groups attached to an aromatic ring is 1. The molecule has 0 aliphatic rings. The van der Waals surface area contributed by atoms with Crippen molar-refractivity contribution in [3.8, 4) is 28.7 Å². The fraction of sp³-hybridized carbons (Fsp3) is 0. The van der Waals surface area contributed by atoms with Gasteiger partial charge in [-0.1, -0.05) is 23.7 Å². The third-order valence-corrected chi connectivity index (χ3v) is 3.34. The van der Waals surface area contributed by atoms with Crippen LogP contribution in [0.3, 0.4) is 0 Å². The topological polar surface area (TPSA) is 75.8 Å². The largest absolute Gasteiger partial charge is 0.464 e. The van der Waals surface area contributed by atoms with E-state index in [-0.39, 0.29) is 5.82 Å². The first kappa shape index (κ1) is 13.2. The van der Waals surface area contributed by atoms with Crippen molar-refractivity contribution < 1.29 is 4.42 Å². The van der Waals surface area contributed by atoms with Gasteiger partial charge in [0, 0.05) is 16.1 Å². The highest BCUT2D eigenvalue weighted by Crippen LogP contribution is 2.31. The molecule has 0 radical (unpaired) electrons. The molecule has 2 aromatic heterocycles. The maximum absolute atomic E-state index is 9.27. The molecule has 0 fully saturated rings. The first-order valence-electron chi connectivity index (χ1n) is 6.19. The number of hydrogen-bond donors (Lipinski definition) is 1. The van der Waals surface area contributed by atoms with Crippen LogP contribution in [0.1, 0.15) is 5.56 Å². The van der Waals surface area contributed by atoms with E-state index in [1.807, 2.05) is 12.1 Å². The number of nitriles is 1. The first-order valence-corrected chi connectivity index (χ1v) is 6.57. The SMILES string of the molecule is N#Cc1c(-c2ccco2)cc(-c2ccc(Cl)cc2)nc1N. The Labute approximate surface area is 126 Å². The predicted octanol–water partition coefficient (Wildman–Crippen LogP) is 4.12. The lowest BCUT2D eigenvalue weighted by molar-refractivity contribution is 0.582. The molecule has 5 heteroatoms. The van der Waals surface area contributed by atoms with Crippen molar-refractivity contribution in [1.82, 2.24) is 4.98 Å². The van der Waals surface area contributed by atoms with E-state index < -0.39 is 0 Å². The Morgan fingerprint density at radius 3 is 2.57 bits per heavy atom. The molecule has 2 heterocycles. The van der Waals surface area contributed by atoms with Gasteiger partial charge in [0.1, 0.15) is 23.2 Å². The highest BCUT2D eigenvalue weighted by atomic mass is 35.5. The number of halogens is 1. The second-order valence-electron chi connectivity index (χ2n) is 4.41. The fourth-order valence-corrected chi connectivity index (χ4v) is 2.20. The lowest BCUT2D eigenvalue weighted by atomic mass is 10.0. The van der Waals surface area contributed by atoms with E-state index in [1.54, 1.807) is 36.6 Å². The molecule has 0 unspecified atom stereocenters. The van der Waals surface area contributed by atoms with Crippen LogP contribution in [0.4, 0.5) is 5.82 Å². The van der Waals surface area contributed by atoms with Gasteiger partial charge in [0.25, 0.3) is 0 Å². The van der Waals surface area contributed by atoms with Crippen LogP contribution in [0.5, 0.6) is 0 Å². The summed E-state index contributed by atoms with van der Waals surface area (Å²) in [6, 6.07) is 14.7. The van der Waals surface area contributed by atoms with Crippen molar-refractivity contribution in [2.75, 3.05) is 5.73 Å². The number of rotatable bonds is 2. The van der Waals surface area contributed by atoms with Gasteiger partial charge in [-0.2, -0.15) is 5.26 Å². The van der Waals surface area contributed by atoms with Crippen LogP contribution in [0.15, 0.2) is 53.1 Å². The van der Waals surface area contributed by atoms with E-state index in [0.29, 0.717) is 27.6 Å². The number of anilines is 1. The van der Waals surface area contributed by atoms with Crippen molar-refractivity contribution >= 4 is 17.4 Å². The molecular weight excluding hydrogens is 286 g/mol. The van der Waals surface area contributed by atoms with Gasteiger partial charge < -0.3 is 10.2 Å². The summed E-state index contributed by atoms with van der Waals surface area (Å²) in [5.74, 6) is 0.757. The highest BCUT2D eigenvalue weighted by molar-refractivity contribution is 6.30. The van der Waals surface area contributed by atoms with Crippen molar-refractivity contribution in [2.45, 2.75) is 0 Å². The molecular formula is C16H10ClN3O. The number of aromatic nitrogens is 1. The molecule has 0 aliphatic heterocycles. The molecule has 3 rings (SSSR count). The van der Waals surface area contributed by atoms with Gasteiger partial charge in [-0.3, -0.25) is 0 Å². The van der Waals surface area contributed by atoms with Gasteiger partial charge >= 0.3 is 0 Å². The molecule has 102 valence electrons. The lowest BCUT2D eigenvalue weighted by Crippen LogP contribution is -1.99. The molecule has 0 aliphatic carbocycles. The molecule has 0 bridgehead atoms. The molecule has 0 atom stereocenters. The van der Waals surface area contributed by atoms with Crippen LogP contribution in [0.25, 0.3) is 22.6 Å². The Hall–Kier alpha value is -2.77. The van der Waals surface area contributed by atoms with E-state index in [0.717, 1.165) is 5.56 Å². The monoisotopic (exact) mass is 295 g/mol. The van der Waals surface area contributed by atoms with Crippen LogP contribution in [-0.4, -0.2) is 4.98 Å². The summed E-state index contributed by atoms with van der Waals surface area (Å²) in [4.78, 5) is 4.28. The standard InChI is InChI=1S/C16H10ClN3O/c17-11-5-3-10(4-6-11)14-8-12(15-2-1-7-21-15)13(9-18)16(19)20-14/h1-8H,(H2,19,20).